The lowest BCUT2D eigenvalue weighted by atomic mass is 9.90. The average Bonchev–Trinajstić information content (AvgIpc) is 2.89. The van der Waals surface area contributed by atoms with Gasteiger partial charge in [-0.25, -0.2) is 4.79 Å². The molecule has 6 nitrogen and oxygen atoms in total. The van der Waals surface area contributed by atoms with E-state index in [1.807, 2.05) is 0 Å². The molecule has 3 N–H and O–H groups in total. The van der Waals surface area contributed by atoms with E-state index in [0.717, 1.165) is 0 Å². The van der Waals surface area contributed by atoms with Gasteiger partial charge >= 0.3 is 6.09 Å². The molecule has 2 fully saturated rings. The Morgan fingerprint density at radius 2 is 2.00 bits per heavy atom. The summed E-state index contributed by atoms with van der Waals surface area (Å²) in [5.41, 5.74) is -0.582. The number of aliphatic hydroxyl groups is 2. The van der Waals surface area contributed by atoms with Crippen LogP contribution in [0.25, 0.3) is 0 Å². The molecule has 6 heteroatoms. The molecule has 1 heterocycles. The van der Waals surface area contributed by atoms with E-state index in [2.05, 4.69) is 5.32 Å². The summed E-state index contributed by atoms with van der Waals surface area (Å²) >= 11 is 0. The minimum atomic E-state index is -1.01. The number of hydrogen-bond acceptors (Lipinski definition) is 5. The van der Waals surface area contributed by atoms with Crippen LogP contribution in [0.5, 0.6) is 0 Å². The molecule has 0 aromatic heterocycles. The van der Waals surface area contributed by atoms with Crippen molar-refractivity contribution >= 4 is 6.09 Å². The zero-order valence-corrected chi connectivity index (χ0v) is 10.2. The first-order chi connectivity index (χ1) is 7.78. The highest BCUT2D eigenvalue weighted by atomic mass is 16.6. The Balaban J connectivity index is 1.88. The first kappa shape index (κ1) is 12.6. The van der Waals surface area contributed by atoms with Gasteiger partial charge < -0.3 is 25.0 Å². The van der Waals surface area contributed by atoms with Crippen LogP contribution in [0.2, 0.25) is 0 Å². The molecule has 0 spiro atoms. The van der Waals surface area contributed by atoms with E-state index in [-0.39, 0.29) is 12.2 Å². The van der Waals surface area contributed by atoms with Gasteiger partial charge in [0, 0.05) is 0 Å². The molecule has 98 valence electrons. The summed E-state index contributed by atoms with van der Waals surface area (Å²) in [6.07, 6.45) is -2.37. The first-order valence-electron chi connectivity index (χ1n) is 5.79. The van der Waals surface area contributed by atoms with Crippen molar-refractivity contribution < 1.29 is 24.5 Å². The van der Waals surface area contributed by atoms with Crippen molar-refractivity contribution in [3.8, 4) is 0 Å². The molecular formula is C11H19NO5. The number of aliphatic hydroxyl groups excluding tert-OH is 2. The number of nitrogens with one attached hydrogen (secondary N) is 1. The lowest BCUT2D eigenvalue weighted by molar-refractivity contribution is -0.0267. The van der Waals surface area contributed by atoms with E-state index < -0.39 is 29.9 Å². The van der Waals surface area contributed by atoms with Crippen LogP contribution < -0.4 is 5.32 Å². The van der Waals surface area contributed by atoms with Crippen LogP contribution in [-0.4, -0.2) is 52.4 Å². The van der Waals surface area contributed by atoms with Crippen molar-refractivity contribution in [2.75, 3.05) is 0 Å². The summed E-state index contributed by atoms with van der Waals surface area (Å²) in [7, 11) is 0. The van der Waals surface area contributed by atoms with Crippen LogP contribution in [0.15, 0.2) is 0 Å². The van der Waals surface area contributed by atoms with E-state index in [4.69, 9.17) is 9.47 Å². The highest BCUT2D eigenvalue weighted by Gasteiger charge is 2.54. The summed E-state index contributed by atoms with van der Waals surface area (Å²) in [6.45, 7) is 5.29. The normalized spacial score (nSPS) is 40.4. The van der Waals surface area contributed by atoms with Gasteiger partial charge in [-0.2, -0.15) is 0 Å². The average molecular weight is 245 g/mol. The van der Waals surface area contributed by atoms with Crippen LogP contribution >= 0.6 is 0 Å². The Morgan fingerprint density at radius 1 is 1.35 bits per heavy atom. The Kier molecular flexibility index (Phi) is 3.05. The third-order valence-electron chi connectivity index (χ3n) is 2.91. The number of alkyl carbamates (subject to hydrolysis) is 1. The van der Waals surface area contributed by atoms with Crippen LogP contribution in [0, 0.1) is 0 Å². The molecule has 5 atom stereocenters. The molecule has 0 bridgehead atoms. The molecule has 0 aromatic rings. The number of carbonyl (C=O) groups excluding carboxylic acids is 1. The molecule has 0 aromatic carbocycles. The fourth-order valence-electron chi connectivity index (χ4n) is 2.07. The predicted molar refractivity (Wildman–Crippen MR) is 58.4 cm³/mol. The SMILES string of the molecule is CC(C)(C)OC(=O)NC1CC2OC2C(O)C1O. The molecule has 1 saturated carbocycles. The van der Waals surface area contributed by atoms with Crippen molar-refractivity contribution in [2.45, 2.75) is 63.3 Å². The third-order valence-corrected chi connectivity index (χ3v) is 2.91. The van der Waals surface area contributed by atoms with Gasteiger partial charge in [-0.1, -0.05) is 0 Å². The maximum absolute atomic E-state index is 11.5. The Labute approximate surface area is 99.9 Å². The number of fused-ring (bicyclic) bond motifs is 1. The molecule has 1 saturated heterocycles. The number of ether oxygens (including phenoxy) is 2. The van der Waals surface area contributed by atoms with Gasteiger partial charge in [0.2, 0.25) is 0 Å². The Morgan fingerprint density at radius 3 is 2.59 bits per heavy atom. The molecule has 1 aliphatic heterocycles. The maximum atomic E-state index is 11.5. The second-order valence-corrected chi connectivity index (χ2v) is 5.61. The number of amides is 1. The zero-order chi connectivity index (χ0) is 12.8. The summed E-state index contributed by atoms with van der Waals surface area (Å²) in [5.74, 6) is 0. The van der Waals surface area contributed by atoms with Gasteiger partial charge in [0.15, 0.2) is 0 Å². The minimum absolute atomic E-state index is 0.0617. The van der Waals surface area contributed by atoms with E-state index in [1.165, 1.54) is 0 Å². The van der Waals surface area contributed by atoms with Crippen molar-refractivity contribution in [1.82, 2.24) is 5.32 Å². The van der Waals surface area contributed by atoms with Gasteiger partial charge in [0.1, 0.15) is 23.9 Å². The van der Waals surface area contributed by atoms with Crippen molar-refractivity contribution in [2.24, 2.45) is 0 Å². The van der Waals surface area contributed by atoms with Crippen LogP contribution in [-0.2, 0) is 9.47 Å². The lowest BCUT2D eigenvalue weighted by Gasteiger charge is -2.30. The van der Waals surface area contributed by atoms with Crippen LogP contribution in [0.3, 0.4) is 0 Å². The van der Waals surface area contributed by atoms with Gasteiger partial charge in [-0.15, -0.1) is 0 Å². The van der Waals surface area contributed by atoms with Gasteiger partial charge in [-0.3, -0.25) is 0 Å². The smallest absolute Gasteiger partial charge is 0.407 e. The van der Waals surface area contributed by atoms with E-state index in [1.54, 1.807) is 20.8 Å². The highest BCUT2D eigenvalue weighted by molar-refractivity contribution is 5.68. The fourth-order valence-corrected chi connectivity index (χ4v) is 2.07. The largest absolute Gasteiger partial charge is 0.444 e. The van der Waals surface area contributed by atoms with Gasteiger partial charge in [-0.05, 0) is 27.2 Å². The Bertz CT molecular complexity index is 313. The molecule has 2 rings (SSSR count). The van der Waals surface area contributed by atoms with E-state index in [9.17, 15) is 15.0 Å². The summed E-state index contributed by atoms with van der Waals surface area (Å²) in [5, 5.41) is 22.0. The zero-order valence-electron chi connectivity index (χ0n) is 10.2. The van der Waals surface area contributed by atoms with E-state index in [0.29, 0.717) is 6.42 Å². The van der Waals surface area contributed by atoms with Crippen LogP contribution in [0.1, 0.15) is 27.2 Å². The minimum Gasteiger partial charge on any atom is -0.444 e. The predicted octanol–water partition coefficient (Wildman–Crippen LogP) is -0.227. The maximum Gasteiger partial charge on any atom is 0.407 e. The monoisotopic (exact) mass is 245 g/mol. The molecule has 2 aliphatic rings. The summed E-state index contributed by atoms with van der Waals surface area (Å²) in [4.78, 5) is 11.5. The summed E-state index contributed by atoms with van der Waals surface area (Å²) in [6, 6.07) is -0.524. The number of rotatable bonds is 1. The molecule has 0 radical (unpaired) electrons. The quantitative estimate of drug-likeness (QED) is 0.555. The fraction of sp³-hybridized carbons (Fsp3) is 0.909. The number of epoxide rings is 1. The Hall–Kier alpha value is -0.850. The lowest BCUT2D eigenvalue weighted by Crippen LogP contribution is -2.54. The van der Waals surface area contributed by atoms with Gasteiger partial charge in [0.25, 0.3) is 0 Å². The van der Waals surface area contributed by atoms with Crippen molar-refractivity contribution in [3.63, 3.8) is 0 Å². The molecular weight excluding hydrogens is 226 g/mol. The molecule has 1 aliphatic carbocycles. The highest BCUT2D eigenvalue weighted by Crippen LogP contribution is 2.37. The van der Waals surface area contributed by atoms with E-state index >= 15 is 0 Å². The van der Waals surface area contributed by atoms with Gasteiger partial charge in [0.05, 0.1) is 12.1 Å². The second-order valence-electron chi connectivity index (χ2n) is 5.61. The number of hydrogen-bond donors (Lipinski definition) is 3. The molecule has 17 heavy (non-hydrogen) atoms. The second kappa shape index (κ2) is 4.12. The summed E-state index contributed by atoms with van der Waals surface area (Å²) < 4.78 is 10.3. The van der Waals surface area contributed by atoms with Crippen molar-refractivity contribution in [3.05, 3.63) is 0 Å². The first-order valence-corrected chi connectivity index (χ1v) is 5.79. The van der Waals surface area contributed by atoms with Crippen LogP contribution in [0.4, 0.5) is 4.79 Å². The van der Waals surface area contributed by atoms with Crippen molar-refractivity contribution in [1.29, 1.82) is 0 Å². The topological polar surface area (TPSA) is 91.3 Å². The number of carbonyl (C=O) groups is 1. The molecule has 1 amide bonds. The molecule has 5 unspecified atom stereocenters. The standard InChI is InChI=1S/C11H19NO5/c1-11(2,3)17-10(15)12-5-4-6-9(16-6)8(14)7(5)13/h5-9,13-14H,4H2,1-3H3,(H,12,15). The third kappa shape index (κ3) is 2.88.